The van der Waals surface area contributed by atoms with Gasteiger partial charge in [0.1, 0.15) is 0 Å². The van der Waals surface area contributed by atoms with E-state index in [2.05, 4.69) is 4.72 Å². The van der Waals surface area contributed by atoms with E-state index >= 15 is 0 Å². The van der Waals surface area contributed by atoms with Crippen LogP contribution in [0.15, 0.2) is 29.2 Å². The standard InChI is InChI=1S/C10H12ClNO3S/c11-8-2-1-3-9(6-8)16(14,15)12-10(7-13)4-5-10/h1-3,6,12-13H,4-5,7H2. The summed E-state index contributed by atoms with van der Waals surface area (Å²) in [7, 11) is -3.58. The molecule has 0 heterocycles. The van der Waals surface area contributed by atoms with Gasteiger partial charge >= 0.3 is 0 Å². The number of nitrogens with one attached hydrogen (secondary N) is 1. The molecular weight excluding hydrogens is 250 g/mol. The molecule has 0 aromatic heterocycles. The average molecular weight is 262 g/mol. The van der Waals surface area contributed by atoms with Crippen LogP contribution in [0.25, 0.3) is 0 Å². The molecular formula is C10H12ClNO3S. The highest BCUT2D eigenvalue weighted by atomic mass is 35.5. The molecule has 0 spiro atoms. The van der Waals surface area contributed by atoms with Gasteiger partial charge in [-0.25, -0.2) is 13.1 Å². The van der Waals surface area contributed by atoms with Crippen LogP contribution in [-0.2, 0) is 10.0 Å². The zero-order valence-electron chi connectivity index (χ0n) is 8.48. The summed E-state index contributed by atoms with van der Waals surface area (Å²) in [5, 5.41) is 9.44. The summed E-state index contributed by atoms with van der Waals surface area (Å²) in [6.45, 7) is -0.174. The van der Waals surface area contributed by atoms with Crippen molar-refractivity contribution in [3.8, 4) is 0 Å². The average Bonchev–Trinajstić information content (AvgIpc) is 2.98. The number of hydrogen-bond acceptors (Lipinski definition) is 3. The maximum absolute atomic E-state index is 11.9. The lowest BCUT2D eigenvalue weighted by atomic mass is 10.3. The maximum Gasteiger partial charge on any atom is 0.241 e. The van der Waals surface area contributed by atoms with E-state index in [-0.39, 0.29) is 11.5 Å². The van der Waals surface area contributed by atoms with Gasteiger partial charge in [-0.2, -0.15) is 0 Å². The Labute approximate surface area is 99.3 Å². The van der Waals surface area contributed by atoms with E-state index in [1.54, 1.807) is 12.1 Å². The second-order valence-corrected chi connectivity index (χ2v) is 6.12. The number of hydrogen-bond donors (Lipinski definition) is 2. The molecule has 1 saturated carbocycles. The van der Waals surface area contributed by atoms with Crippen molar-refractivity contribution in [1.29, 1.82) is 0 Å². The van der Waals surface area contributed by atoms with Gasteiger partial charge in [0, 0.05) is 5.02 Å². The predicted octanol–water partition coefficient (Wildman–Crippen LogP) is 1.14. The molecule has 2 rings (SSSR count). The van der Waals surface area contributed by atoms with Crippen molar-refractivity contribution < 1.29 is 13.5 Å². The Morgan fingerprint density at radius 2 is 2.12 bits per heavy atom. The third kappa shape index (κ3) is 2.38. The molecule has 0 aliphatic heterocycles. The summed E-state index contributed by atoms with van der Waals surface area (Å²) in [5.41, 5.74) is -0.652. The number of rotatable bonds is 4. The van der Waals surface area contributed by atoms with Crippen LogP contribution in [0.1, 0.15) is 12.8 Å². The quantitative estimate of drug-likeness (QED) is 0.854. The minimum atomic E-state index is -3.58. The second-order valence-electron chi connectivity index (χ2n) is 4.00. The molecule has 1 fully saturated rings. The van der Waals surface area contributed by atoms with Crippen LogP contribution >= 0.6 is 11.6 Å². The van der Waals surface area contributed by atoms with Crippen LogP contribution in [0.4, 0.5) is 0 Å². The highest BCUT2D eigenvalue weighted by Crippen LogP contribution is 2.36. The van der Waals surface area contributed by atoms with Crippen LogP contribution in [0, 0.1) is 0 Å². The van der Waals surface area contributed by atoms with Gasteiger partial charge in [-0.1, -0.05) is 17.7 Å². The van der Waals surface area contributed by atoms with Crippen molar-refractivity contribution in [3.05, 3.63) is 29.3 Å². The second kappa shape index (κ2) is 4.00. The Bertz CT molecular complexity index is 497. The zero-order chi connectivity index (χ0) is 11.8. The fourth-order valence-corrected chi connectivity index (χ4v) is 3.17. The SMILES string of the molecule is O=S(=O)(NC1(CO)CC1)c1cccc(Cl)c1. The summed E-state index contributed by atoms with van der Waals surface area (Å²) in [5.74, 6) is 0. The zero-order valence-corrected chi connectivity index (χ0v) is 10.1. The summed E-state index contributed by atoms with van der Waals surface area (Å²) < 4.78 is 26.3. The Balaban J connectivity index is 2.26. The van der Waals surface area contributed by atoms with Crippen molar-refractivity contribution >= 4 is 21.6 Å². The van der Waals surface area contributed by atoms with Gasteiger partial charge in [0.25, 0.3) is 0 Å². The van der Waals surface area contributed by atoms with Crippen molar-refractivity contribution in [2.45, 2.75) is 23.3 Å². The number of aliphatic hydroxyl groups is 1. The molecule has 4 nitrogen and oxygen atoms in total. The summed E-state index contributed by atoms with van der Waals surface area (Å²) in [6.07, 6.45) is 1.34. The molecule has 0 saturated heterocycles. The van der Waals surface area contributed by atoms with Gasteiger partial charge in [0.2, 0.25) is 10.0 Å². The van der Waals surface area contributed by atoms with E-state index in [4.69, 9.17) is 16.7 Å². The van der Waals surface area contributed by atoms with E-state index in [0.717, 1.165) is 0 Å². The lowest BCUT2D eigenvalue weighted by Gasteiger charge is -2.14. The van der Waals surface area contributed by atoms with Crippen LogP contribution < -0.4 is 4.72 Å². The molecule has 0 amide bonds. The molecule has 0 atom stereocenters. The predicted molar refractivity (Wildman–Crippen MR) is 60.8 cm³/mol. The van der Waals surface area contributed by atoms with Crippen LogP contribution in [-0.4, -0.2) is 25.7 Å². The van der Waals surface area contributed by atoms with Gasteiger partial charge < -0.3 is 5.11 Å². The molecule has 88 valence electrons. The molecule has 0 unspecified atom stereocenters. The van der Waals surface area contributed by atoms with Crippen molar-refractivity contribution in [2.75, 3.05) is 6.61 Å². The van der Waals surface area contributed by atoms with E-state index in [1.165, 1.54) is 12.1 Å². The molecule has 1 aromatic carbocycles. The Morgan fingerprint density at radius 3 is 2.62 bits per heavy atom. The fraction of sp³-hybridized carbons (Fsp3) is 0.400. The minimum absolute atomic E-state index is 0.125. The minimum Gasteiger partial charge on any atom is -0.394 e. The van der Waals surface area contributed by atoms with Crippen molar-refractivity contribution in [3.63, 3.8) is 0 Å². The smallest absolute Gasteiger partial charge is 0.241 e. The monoisotopic (exact) mass is 261 g/mol. The van der Waals surface area contributed by atoms with Gasteiger partial charge in [-0.15, -0.1) is 0 Å². The number of aliphatic hydroxyl groups excluding tert-OH is 1. The first kappa shape index (κ1) is 11.9. The lowest BCUT2D eigenvalue weighted by molar-refractivity contribution is 0.246. The topological polar surface area (TPSA) is 66.4 Å². The molecule has 6 heteroatoms. The lowest BCUT2D eigenvalue weighted by Crippen LogP contribution is -2.39. The maximum atomic E-state index is 11.9. The van der Waals surface area contributed by atoms with E-state index in [0.29, 0.717) is 17.9 Å². The first-order valence-corrected chi connectivity index (χ1v) is 6.74. The van der Waals surface area contributed by atoms with Crippen molar-refractivity contribution in [2.24, 2.45) is 0 Å². The number of sulfonamides is 1. The third-order valence-electron chi connectivity index (χ3n) is 2.61. The Morgan fingerprint density at radius 1 is 1.44 bits per heavy atom. The Hall–Kier alpha value is -0.620. The van der Waals surface area contributed by atoms with Gasteiger partial charge in [0.05, 0.1) is 17.0 Å². The highest BCUT2D eigenvalue weighted by Gasteiger charge is 2.45. The van der Waals surface area contributed by atoms with Crippen LogP contribution in [0.5, 0.6) is 0 Å². The molecule has 0 bridgehead atoms. The number of halogens is 1. The summed E-state index contributed by atoms with van der Waals surface area (Å²) >= 11 is 5.73. The van der Waals surface area contributed by atoms with Gasteiger partial charge in [-0.3, -0.25) is 0 Å². The van der Waals surface area contributed by atoms with Crippen LogP contribution in [0.3, 0.4) is 0 Å². The molecule has 2 N–H and O–H groups in total. The summed E-state index contributed by atoms with van der Waals surface area (Å²) in [4.78, 5) is 0.125. The third-order valence-corrected chi connectivity index (χ3v) is 4.42. The van der Waals surface area contributed by atoms with E-state index in [9.17, 15) is 8.42 Å². The molecule has 1 aliphatic carbocycles. The largest absolute Gasteiger partial charge is 0.394 e. The first-order chi connectivity index (χ1) is 7.47. The Kier molecular flexibility index (Phi) is 2.96. The van der Waals surface area contributed by atoms with Gasteiger partial charge in [0.15, 0.2) is 0 Å². The van der Waals surface area contributed by atoms with Crippen molar-refractivity contribution in [1.82, 2.24) is 4.72 Å². The number of benzene rings is 1. The van der Waals surface area contributed by atoms with E-state index in [1.807, 2.05) is 0 Å². The van der Waals surface area contributed by atoms with Gasteiger partial charge in [-0.05, 0) is 31.0 Å². The van der Waals surface area contributed by atoms with Crippen LogP contribution in [0.2, 0.25) is 5.02 Å². The normalized spacial score (nSPS) is 18.4. The summed E-state index contributed by atoms with van der Waals surface area (Å²) in [6, 6.07) is 6.05. The molecule has 1 aromatic rings. The fourth-order valence-electron chi connectivity index (χ4n) is 1.42. The molecule has 16 heavy (non-hydrogen) atoms. The molecule has 0 radical (unpaired) electrons. The highest BCUT2D eigenvalue weighted by molar-refractivity contribution is 7.89. The molecule has 1 aliphatic rings. The van der Waals surface area contributed by atoms with E-state index < -0.39 is 15.6 Å². The first-order valence-electron chi connectivity index (χ1n) is 4.88.